The predicted molar refractivity (Wildman–Crippen MR) is 105 cm³/mol. The third-order valence-corrected chi connectivity index (χ3v) is 4.00. The fraction of sp³-hybridized carbons (Fsp3) is 0.190. The molecule has 0 atom stereocenters. The summed E-state index contributed by atoms with van der Waals surface area (Å²) in [5, 5.41) is 3.16. The normalized spacial score (nSPS) is 10.4. The Bertz CT molecular complexity index is 825. The van der Waals surface area contributed by atoms with Gasteiger partial charge >= 0.3 is 5.96 Å². The Balaban J connectivity index is 1.90. The molecule has 132 valence electrons. The highest BCUT2D eigenvalue weighted by Crippen LogP contribution is 2.08. The van der Waals surface area contributed by atoms with Crippen molar-refractivity contribution in [1.82, 2.24) is 9.97 Å². The maximum absolute atomic E-state index is 6.40. The molecular weight excluding hydrogens is 322 g/mol. The summed E-state index contributed by atoms with van der Waals surface area (Å²) in [6.07, 6.45) is 0. The van der Waals surface area contributed by atoms with Gasteiger partial charge < -0.3 is 0 Å². The lowest BCUT2D eigenvalue weighted by molar-refractivity contribution is -0.560. The summed E-state index contributed by atoms with van der Waals surface area (Å²) in [5.41, 5.74) is 10.6. The van der Waals surface area contributed by atoms with Gasteiger partial charge in [-0.15, -0.1) is 0 Å². The fourth-order valence-corrected chi connectivity index (χ4v) is 2.81. The highest BCUT2D eigenvalue weighted by atomic mass is 15.2. The molecule has 0 bridgehead atoms. The summed E-state index contributed by atoms with van der Waals surface area (Å²) in [7, 11) is 0. The molecule has 0 aliphatic rings. The van der Waals surface area contributed by atoms with Gasteiger partial charge in [0.15, 0.2) is 0 Å². The van der Waals surface area contributed by atoms with Gasteiger partial charge in [0, 0.05) is 11.4 Å². The molecule has 1 aromatic heterocycles. The van der Waals surface area contributed by atoms with Crippen molar-refractivity contribution in [2.75, 3.05) is 5.32 Å². The largest absolute Gasteiger partial charge is 0.351 e. The SMILES string of the molecule is Cc1cc(C)nc(NC(N)=[N+](Cc2ccccc2)Cc2ccccc2)n1. The summed E-state index contributed by atoms with van der Waals surface area (Å²) in [6, 6.07) is 22.5. The molecule has 3 N–H and O–H groups in total. The molecule has 0 spiro atoms. The quantitative estimate of drug-likeness (QED) is 0.423. The minimum absolute atomic E-state index is 0.520. The van der Waals surface area contributed by atoms with Crippen molar-refractivity contribution in [2.24, 2.45) is 5.73 Å². The first kappa shape index (κ1) is 17.6. The zero-order chi connectivity index (χ0) is 18.4. The van der Waals surface area contributed by atoms with Gasteiger partial charge in [-0.1, -0.05) is 60.7 Å². The lowest BCUT2D eigenvalue weighted by Gasteiger charge is -2.12. The van der Waals surface area contributed by atoms with E-state index in [-0.39, 0.29) is 0 Å². The second kappa shape index (κ2) is 8.25. The van der Waals surface area contributed by atoms with Crippen molar-refractivity contribution in [1.29, 1.82) is 0 Å². The van der Waals surface area contributed by atoms with Crippen LogP contribution in [0.3, 0.4) is 0 Å². The van der Waals surface area contributed by atoms with Crippen LogP contribution in [0.4, 0.5) is 5.95 Å². The lowest BCUT2D eigenvalue weighted by atomic mass is 10.2. The molecule has 3 rings (SSSR count). The topological polar surface area (TPSA) is 66.8 Å². The number of hydrogen-bond donors (Lipinski definition) is 2. The molecule has 26 heavy (non-hydrogen) atoms. The first-order valence-corrected chi connectivity index (χ1v) is 8.64. The van der Waals surface area contributed by atoms with Gasteiger partial charge in [-0.25, -0.2) is 15.3 Å². The molecule has 0 amide bonds. The van der Waals surface area contributed by atoms with Gasteiger partial charge in [0.1, 0.15) is 0 Å². The number of benzene rings is 2. The molecule has 5 nitrogen and oxygen atoms in total. The monoisotopic (exact) mass is 346 g/mol. The third kappa shape index (κ3) is 4.89. The third-order valence-electron chi connectivity index (χ3n) is 4.00. The Labute approximate surface area is 154 Å². The summed E-state index contributed by atoms with van der Waals surface area (Å²) in [6.45, 7) is 5.28. The first-order valence-electron chi connectivity index (χ1n) is 8.64. The number of aromatic nitrogens is 2. The van der Waals surface area contributed by atoms with E-state index in [1.807, 2.05) is 56.3 Å². The summed E-state index contributed by atoms with van der Waals surface area (Å²) in [4.78, 5) is 8.84. The van der Waals surface area contributed by atoms with Crippen molar-refractivity contribution >= 4 is 11.9 Å². The van der Waals surface area contributed by atoms with E-state index in [9.17, 15) is 0 Å². The number of aryl methyl sites for hydroxylation is 2. The Morgan fingerprint density at radius 1 is 0.846 bits per heavy atom. The number of anilines is 1. The van der Waals surface area contributed by atoms with E-state index in [1.165, 1.54) is 11.1 Å². The molecule has 0 aliphatic heterocycles. The molecule has 0 saturated carbocycles. The predicted octanol–water partition coefficient (Wildman–Crippen LogP) is 3.23. The number of nitrogens with zero attached hydrogens (tertiary/aromatic N) is 3. The van der Waals surface area contributed by atoms with E-state index in [2.05, 4.69) is 44.1 Å². The van der Waals surface area contributed by atoms with Gasteiger partial charge in [-0.3, -0.25) is 10.3 Å². The van der Waals surface area contributed by atoms with Crippen LogP contribution in [-0.4, -0.2) is 20.5 Å². The molecule has 0 radical (unpaired) electrons. The zero-order valence-corrected chi connectivity index (χ0v) is 15.2. The van der Waals surface area contributed by atoms with Gasteiger partial charge in [0.05, 0.1) is 13.1 Å². The summed E-state index contributed by atoms with van der Waals surface area (Å²) < 4.78 is 2.09. The average Bonchev–Trinajstić information content (AvgIpc) is 2.62. The summed E-state index contributed by atoms with van der Waals surface area (Å²) >= 11 is 0. The van der Waals surface area contributed by atoms with E-state index in [0.29, 0.717) is 25.0 Å². The van der Waals surface area contributed by atoms with Gasteiger partial charge in [-0.05, 0) is 31.0 Å². The Morgan fingerprint density at radius 2 is 1.31 bits per heavy atom. The van der Waals surface area contributed by atoms with E-state index < -0.39 is 0 Å². The smallest absolute Gasteiger partial charge is 0.290 e. The molecule has 0 unspecified atom stereocenters. The molecular formula is C21H24N5+. The van der Waals surface area contributed by atoms with Crippen LogP contribution in [0.25, 0.3) is 0 Å². The molecule has 1 heterocycles. The number of rotatable bonds is 5. The van der Waals surface area contributed by atoms with Crippen LogP contribution in [-0.2, 0) is 13.1 Å². The van der Waals surface area contributed by atoms with Crippen molar-refractivity contribution < 1.29 is 4.58 Å². The minimum atomic E-state index is 0.520. The maximum Gasteiger partial charge on any atom is 0.351 e. The van der Waals surface area contributed by atoms with Crippen LogP contribution in [0.15, 0.2) is 66.7 Å². The number of nitrogens with two attached hydrogens (primary N) is 1. The van der Waals surface area contributed by atoms with Crippen molar-refractivity contribution in [3.8, 4) is 0 Å². The van der Waals surface area contributed by atoms with Crippen molar-refractivity contribution in [2.45, 2.75) is 26.9 Å². The lowest BCUT2D eigenvalue weighted by Crippen LogP contribution is -2.35. The molecule has 0 aliphatic carbocycles. The highest BCUT2D eigenvalue weighted by molar-refractivity contribution is 5.86. The van der Waals surface area contributed by atoms with E-state index in [4.69, 9.17) is 5.73 Å². The zero-order valence-electron chi connectivity index (χ0n) is 15.2. The van der Waals surface area contributed by atoms with Gasteiger partial charge in [0.25, 0.3) is 5.95 Å². The summed E-state index contributed by atoms with van der Waals surface area (Å²) in [5.74, 6) is 1.05. The Morgan fingerprint density at radius 3 is 1.77 bits per heavy atom. The van der Waals surface area contributed by atoms with Gasteiger partial charge in [0.2, 0.25) is 0 Å². The maximum atomic E-state index is 6.40. The number of nitrogens with one attached hydrogen (secondary N) is 1. The molecule has 0 saturated heterocycles. The van der Waals surface area contributed by atoms with E-state index in [1.54, 1.807) is 0 Å². The number of hydrogen-bond acceptors (Lipinski definition) is 2. The fourth-order valence-electron chi connectivity index (χ4n) is 2.81. The minimum Gasteiger partial charge on any atom is -0.290 e. The van der Waals surface area contributed by atoms with Crippen molar-refractivity contribution in [3.05, 3.63) is 89.2 Å². The molecule has 5 heteroatoms. The second-order valence-electron chi connectivity index (χ2n) is 6.31. The van der Waals surface area contributed by atoms with E-state index >= 15 is 0 Å². The van der Waals surface area contributed by atoms with Crippen LogP contribution in [0.5, 0.6) is 0 Å². The first-order chi connectivity index (χ1) is 12.6. The molecule has 2 aromatic carbocycles. The average molecular weight is 346 g/mol. The van der Waals surface area contributed by atoms with Crippen molar-refractivity contribution in [3.63, 3.8) is 0 Å². The van der Waals surface area contributed by atoms with Crippen LogP contribution in [0, 0.1) is 13.8 Å². The molecule has 0 fully saturated rings. The Hall–Kier alpha value is -3.21. The standard InChI is InChI=1S/C21H23N5/c1-16-13-17(2)24-21(23-16)25-20(22)26(14-18-9-5-3-6-10-18)15-19-11-7-4-8-12-19/h3-13H,14-15H2,1-2H3,(H2,22,23,24,25)/p+1. The van der Waals surface area contributed by atoms with E-state index in [0.717, 1.165) is 11.4 Å². The van der Waals surface area contributed by atoms with Crippen LogP contribution in [0.1, 0.15) is 22.5 Å². The van der Waals surface area contributed by atoms with Crippen LogP contribution < -0.4 is 11.1 Å². The van der Waals surface area contributed by atoms with Gasteiger partial charge in [-0.2, -0.15) is 0 Å². The molecule has 3 aromatic rings. The Kier molecular flexibility index (Phi) is 5.59. The van der Waals surface area contributed by atoms with Crippen LogP contribution in [0.2, 0.25) is 0 Å². The van der Waals surface area contributed by atoms with Crippen LogP contribution >= 0.6 is 0 Å². The highest BCUT2D eigenvalue weighted by Gasteiger charge is 2.13. The number of guanidine groups is 1. The second-order valence-corrected chi connectivity index (χ2v) is 6.31.